The first-order valence-electron chi connectivity index (χ1n) is 7.12. The molecule has 1 rings (SSSR count). The van der Waals surface area contributed by atoms with Gasteiger partial charge >= 0.3 is 0 Å². The van der Waals surface area contributed by atoms with Crippen LogP contribution in [-0.2, 0) is 4.79 Å². The number of carbonyl (C=O) groups excluding carboxylic acids is 1. The first kappa shape index (κ1) is 15.8. The van der Waals surface area contributed by atoms with Crippen molar-refractivity contribution < 1.29 is 10.0 Å². The highest BCUT2D eigenvalue weighted by Gasteiger charge is 2.40. The van der Waals surface area contributed by atoms with Crippen molar-refractivity contribution in [2.75, 3.05) is 7.05 Å². The molecular weight excluding hydrogens is 242 g/mol. The number of hydrogen-bond acceptors (Lipinski definition) is 3. The molecule has 1 aliphatic carbocycles. The van der Waals surface area contributed by atoms with Crippen LogP contribution in [0.4, 0.5) is 0 Å². The van der Waals surface area contributed by atoms with E-state index in [9.17, 15) is 4.79 Å². The summed E-state index contributed by atoms with van der Waals surface area (Å²) < 4.78 is 0. The highest BCUT2D eigenvalue weighted by atomic mass is 16.4. The third-order valence-electron chi connectivity index (χ3n) is 4.71. The summed E-state index contributed by atoms with van der Waals surface area (Å²) in [6.45, 7) is 5.88. The van der Waals surface area contributed by atoms with E-state index in [2.05, 4.69) is 12.1 Å². The SMILES string of the molecule is CCC(C)(C(=O)N(C)C1CCC(C)CC1)C(N)=NO. The van der Waals surface area contributed by atoms with E-state index in [4.69, 9.17) is 10.9 Å². The van der Waals surface area contributed by atoms with Gasteiger partial charge in [0.1, 0.15) is 5.41 Å². The standard InChI is InChI=1S/C14H27N3O2/c1-5-14(3,12(15)16-19)13(18)17(4)11-8-6-10(2)7-9-11/h10-11,19H,5-9H2,1-4H3,(H2,15,16). The minimum Gasteiger partial charge on any atom is -0.409 e. The van der Waals surface area contributed by atoms with Crippen molar-refractivity contribution in [2.45, 2.75) is 58.9 Å². The first-order valence-corrected chi connectivity index (χ1v) is 7.12. The molecule has 1 amide bonds. The average molecular weight is 269 g/mol. The maximum atomic E-state index is 12.6. The van der Waals surface area contributed by atoms with E-state index < -0.39 is 5.41 Å². The van der Waals surface area contributed by atoms with Crippen LogP contribution in [0.2, 0.25) is 0 Å². The summed E-state index contributed by atoms with van der Waals surface area (Å²) in [5, 5.41) is 11.9. The zero-order valence-corrected chi connectivity index (χ0v) is 12.5. The van der Waals surface area contributed by atoms with E-state index in [0.717, 1.165) is 31.6 Å². The summed E-state index contributed by atoms with van der Waals surface area (Å²) in [4.78, 5) is 14.4. The lowest BCUT2D eigenvalue weighted by Gasteiger charge is -2.38. The third kappa shape index (κ3) is 3.19. The molecule has 0 aromatic heterocycles. The second kappa shape index (κ2) is 6.26. The molecule has 1 unspecified atom stereocenters. The number of nitrogens with zero attached hydrogens (tertiary/aromatic N) is 2. The van der Waals surface area contributed by atoms with Crippen LogP contribution in [0.3, 0.4) is 0 Å². The summed E-state index contributed by atoms with van der Waals surface area (Å²) in [5.74, 6) is 0.697. The molecule has 110 valence electrons. The van der Waals surface area contributed by atoms with Crippen LogP contribution in [0.5, 0.6) is 0 Å². The Morgan fingerprint density at radius 1 is 1.42 bits per heavy atom. The molecule has 5 nitrogen and oxygen atoms in total. The van der Waals surface area contributed by atoms with Crippen LogP contribution in [0.15, 0.2) is 5.16 Å². The molecule has 0 bridgehead atoms. The van der Waals surface area contributed by atoms with Crippen molar-refractivity contribution in [3.63, 3.8) is 0 Å². The summed E-state index contributed by atoms with van der Waals surface area (Å²) in [5.41, 5.74) is 4.79. The van der Waals surface area contributed by atoms with Crippen LogP contribution in [-0.4, -0.2) is 34.9 Å². The number of amides is 1. The molecule has 0 aliphatic heterocycles. The minimum atomic E-state index is -0.910. The lowest BCUT2D eigenvalue weighted by Crippen LogP contribution is -2.51. The van der Waals surface area contributed by atoms with E-state index in [-0.39, 0.29) is 17.8 Å². The summed E-state index contributed by atoms with van der Waals surface area (Å²) in [7, 11) is 1.83. The van der Waals surface area contributed by atoms with Gasteiger partial charge in [0.05, 0.1) is 0 Å². The van der Waals surface area contributed by atoms with Crippen molar-refractivity contribution in [3.8, 4) is 0 Å². The number of carbonyl (C=O) groups is 1. The number of amidine groups is 1. The van der Waals surface area contributed by atoms with Gasteiger partial charge in [-0.2, -0.15) is 0 Å². The van der Waals surface area contributed by atoms with E-state index >= 15 is 0 Å². The molecule has 0 spiro atoms. The molecule has 0 radical (unpaired) electrons. The van der Waals surface area contributed by atoms with Crippen LogP contribution in [0.25, 0.3) is 0 Å². The van der Waals surface area contributed by atoms with Crippen molar-refractivity contribution in [3.05, 3.63) is 0 Å². The Bertz CT molecular complexity index is 349. The quantitative estimate of drug-likeness (QED) is 0.355. The molecule has 0 saturated heterocycles. The van der Waals surface area contributed by atoms with Crippen LogP contribution >= 0.6 is 0 Å². The number of rotatable bonds is 4. The Labute approximate surface area is 115 Å². The van der Waals surface area contributed by atoms with Gasteiger partial charge in [0.25, 0.3) is 0 Å². The normalized spacial score (nSPS) is 27.7. The smallest absolute Gasteiger partial charge is 0.236 e. The Morgan fingerprint density at radius 3 is 2.37 bits per heavy atom. The maximum absolute atomic E-state index is 12.6. The molecule has 1 saturated carbocycles. The molecule has 0 heterocycles. The lowest BCUT2D eigenvalue weighted by molar-refractivity contribution is -0.139. The zero-order valence-electron chi connectivity index (χ0n) is 12.5. The first-order chi connectivity index (χ1) is 8.86. The van der Waals surface area contributed by atoms with Crippen molar-refractivity contribution in [1.82, 2.24) is 4.90 Å². The van der Waals surface area contributed by atoms with Crippen LogP contribution in [0, 0.1) is 11.3 Å². The van der Waals surface area contributed by atoms with Gasteiger partial charge in [0.15, 0.2) is 5.84 Å². The van der Waals surface area contributed by atoms with Crippen molar-refractivity contribution in [2.24, 2.45) is 22.2 Å². The number of hydrogen-bond donors (Lipinski definition) is 2. The zero-order chi connectivity index (χ0) is 14.6. The Hall–Kier alpha value is -1.26. The fourth-order valence-corrected chi connectivity index (χ4v) is 2.74. The Morgan fingerprint density at radius 2 is 1.95 bits per heavy atom. The highest BCUT2D eigenvalue weighted by Crippen LogP contribution is 2.30. The van der Waals surface area contributed by atoms with Gasteiger partial charge < -0.3 is 15.8 Å². The predicted octanol–water partition coefficient (Wildman–Crippen LogP) is 2.19. The Kier molecular flexibility index (Phi) is 5.20. The fraction of sp³-hybridized carbons (Fsp3) is 0.857. The Balaban J connectivity index is 2.80. The van der Waals surface area contributed by atoms with Crippen molar-refractivity contribution in [1.29, 1.82) is 0 Å². The molecular formula is C14H27N3O2. The molecule has 1 aliphatic rings. The van der Waals surface area contributed by atoms with Gasteiger partial charge in [0.2, 0.25) is 5.91 Å². The number of nitrogens with two attached hydrogens (primary N) is 1. The molecule has 1 atom stereocenters. The van der Waals surface area contributed by atoms with E-state index in [1.165, 1.54) is 0 Å². The third-order valence-corrected chi connectivity index (χ3v) is 4.71. The van der Waals surface area contributed by atoms with Gasteiger partial charge in [-0.05, 0) is 44.9 Å². The topological polar surface area (TPSA) is 78.9 Å². The van der Waals surface area contributed by atoms with Gasteiger partial charge in [-0.15, -0.1) is 0 Å². The monoisotopic (exact) mass is 269 g/mol. The molecule has 19 heavy (non-hydrogen) atoms. The fourth-order valence-electron chi connectivity index (χ4n) is 2.74. The second-order valence-corrected chi connectivity index (χ2v) is 6.00. The van der Waals surface area contributed by atoms with E-state index in [1.54, 1.807) is 11.8 Å². The summed E-state index contributed by atoms with van der Waals surface area (Å²) >= 11 is 0. The molecule has 5 heteroatoms. The molecule has 0 aromatic rings. The largest absolute Gasteiger partial charge is 0.409 e. The lowest BCUT2D eigenvalue weighted by atomic mass is 9.82. The van der Waals surface area contributed by atoms with E-state index in [0.29, 0.717) is 6.42 Å². The van der Waals surface area contributed by atoms with Gasteiger partial charge in [-0.25, -0.2) is 0 Å². The van der Waals surface area contributed by atoms with Crippen LogP contribution < -0.4 is 5.73 Å². The predicted molar refractivity (Wildman–Crippen MR) is 76.0 cm³/mol. The minimum absolute atomic E-state index is 0.00368. The van der Waals surface area contributed by atoms with Gasteiger partial charge in [0, 0.05) is 13.1 Å². The summed E-state index contributed by atoms with van der Waals surface area (Å²) in [6, 6.07) is 0.279. The molecule has 1 fully saturated rings. The van der Waals surface area contributed by atoms with Gasteiger partial charge in [-0.1, -0.05) is 19.0 Å². The second-order valence-electron chi connectivity index (χ2n) is 6.00. The molecule has 3 N–H and O–H groups in total. The average Bonchev–Trinajstić information content (AvgIpc) is 2.44. The number of oxime groups is 1. The maximum Gasteiger partial charge on any atom is 0.236 e. The van der Waals surface area contributed by atoms with Crippen LogP contribution in [0.1, 0.15) is 52.9 Å². The van der Waals surface area contributed by atoms with Crippen molar-refractivity contribution >= 4 is 11.7 Å². The van der Waals surface area contributed by atoms with E-state index in [1.807, 2.05) is 14.0 Å². The highest BCUT2D eigenvalue weighted by molar-refractivity contribution is 6.06. The molecule has 0 aromatic carbocycles. The summed E-state index contributed by atoms with van der Waals surface area (Å²) in [6.07, 6.45) is 4.93. The van der Waals surface area contributed by atoms with Gasteiger partial charge in [-0.3, -0.25) is 4.79 Å².